The van der Waals surface area contributed by atoms with E-state index in [0.29, 0.717) is 20.1 Å². The van der Waals surface area contributed by atoms with Gasteiger partial charge in [-0.3, -0.25) is 9.11 Å². The van der Waals surface area contributed by atoms with Crippen molar-refractivity contribution in [1.82, 2.24) is 39.9 Å². The van der Waals surface area contributed by atoms with Crippen LogP contribution in [0, 0.1) is 0 Å². The van der Waals surface area contributed by atoms with Gasteiger partial charge in [-0.1, -0.05) is 72.8 Å². The third kappa shape index (κ3) is 11.6. The summed E-state index contributed by atoms with van der Waals surface area (Å²) in [6, 6.07) is 43.3. The van der Waals surface area contributed by atoms with Crippen LogP contribution in [0.3, 0.4) is 0 Å². The van der Waals surface area contributed by atoms with Gasteiger partial charge < -0.3 is 10.6 Å². The summed E-state index contributed by atoms with van der Waals surface area (Å²) >= 11 is 11.5. The lowest BCUT2D eigenvalue weighted by Crippen LogP contribution is -2.05. The second-order valence-electron chi connectivity index (χ2n) is 16.0. The van der Waals surface area contributed by atoms with Crippen molar-refractivity contribution < 1.29 is 25.9 Å². The molecular weight excluding hydrogens is 1160 g/mol. The molecule has 0 atom stereocenters. The Morgan fingerprint density at radius 3 is 0.947 bits per heavy atom. The van der Waals surface area contributed by atoms with E-state index < -0.39 is 30.0 Å². The minimum Gasteiger partial charge on any atom is -0.324 e. The van der Waals surface area contributed by atoms with Gasteiger partial charge in [-0.25, -0.2) is 39.9 Å². The molecule has 26 heteroatoms. The van der Waals surface area contributed by atoms with E-state index >= 15 is 0 Å². The van der Waals surface area contributed by atoms with Gasteiger partial charge in [0.05, 0.1) is 40.9 Å². The number of rotatable bonds is 16. The number of thiazole rings is 4. The SMILES string of the molecule is O=S(=O)(O)c1cc(Nc2nc(Sc3nc4ccccc4s3)cc(Sc3nc4ccccc4s3)n2)ccc1C=Cc1ccc(Nc2nc(Sc3nc4ccccc4s3)cc(Sc3nc4ccccc4s3)n2)cc1S(=O)(=O)O. The number of nitrogens with zero attached hydrogens (tertiary/aromatic N) is 8. The van der Waals surface area contributed by atoms with Crippen molar-refractivity contribution in [2.75, 3.05) is 10.6 Å². The number of hydrogen-bond acceptors (Lipinski definition) is 22. The van der Waals surface area contributed by atoms with Crippen LogP contribution in [0.2, 0.25) is 0 Å². The molecule has 376 valence electrons. The number of para-hydroxylation sites is 4. The van der Waals surface area contributed by atoms with Crippen LogP contribution in [0.25, 0.3) is 53.0 Å². The third-order valence-corrected chi connectivity index (χ3v) is 20.6. The average molecular weight is 1190 g/mol. The summed E-state index contributed by atoms with van der Waals surface area (Å²) in [6.07, 6.45) is 2.64. The average Bonchev–Trinajstić information content (AvgIpc) is 4.22. The zero-order valence-electron chi connectivity index (χ0n) is 38.2. The number of benzene rings is 6. The molecular formula is C50H30N10O6S10. The Balaban J connectivity index is 0.826. The first-order valence-corrected chi connectivity index (χ1v) is 31.5. The maximum absolute atomic E-state index is 13.0. The Morgan fingerprint density at radius 2 is 0.671 bits per heavy atom. The number of aromatic nitrogens is 8. The monoisotopic (exact) mass is 1190 g/mol. The number of anilines is 4. The van der Waals surface area contributed by atoms with Gasteiger partial charge in [0.2, 0.25) is 11.9 Å². The molecule has 0 spiro atoms. The number of nitrogens with one attached hydrogen (secondary N) is 2. The smallest absolute Gasteiger partial charge is 0.295 e. The van der Waals surface area contributed by atoms with Crippen LogP contribution in [0.1, 0.15) is 11.1 Å². The van der Waals surface area contributed by atoms with Gasteiger partial charge in [0.15, 0.2) is 17.4 Å². The molecule has 12 aromatic rings. The zero-order valence-corrected chi connectivity index (χ0v) is 46.4. The Morgan fingerprint density at radius 1 is 0.382 bits per heavy atom. The topological polar surface area (TPSA) is 236 Å². The second-order valence-corrected chi connectivity index (χ2v) is 27.9. The summed E-state index contributed by atoms with van der Waals surface area (Å²) in [5, 5.41) is 8.46. The summed E-state index contributed by atoms with van der Waals surface area (Å²) in [4.78, 5) is 37.0. The molecule has 0 radical (unpaired) electrons. The predicted molar refractivity (Wildman–Crippen MR) is 307 cm³/mol. The molecule has 0 fully saturated rings. The lowest BCUT2D eigenvalue weighted by Gasteiger charge is -2.12. The third-order valence-electron chi connectivity index (χ3n) is 10.8. The molecule has 0 bridgehead atoms. The van der Waals surface area contributed by atoms with Crippen molar-refractivity contribution in [1.29, 1.82) is 0 Å². The first-order chi connectivity index (χ1) is 36.8. The minimum absolute atomic E-state index is 0.0127. The minimum atomic E-state index is -4.87. The first-order valence-electron chi connectivity index (χ1n) is 22.1. The standard InChI is InChI=1S/C50H30N10O6S10/c61-75(62,63)39-23-29(51-45-57-41(71-47-53-31-9-1-5-13-35(31)67-47)25-42(58-45)72-48-54-32-10-2-6-14-36(32)68-48)21-19-27(39)17-18-28-20-22-30(24-40(28)76(64,65)66)52-46-59-43(73-49-55-33-11-3-7-15-37(33)69-49)26-44(60-46)74-50-56-34-12-4-8-16-38(34)70-50/h1-26H,(H,51,57,58)(H,52,59,60)(H,61,62,63)(H,64,65,66). The van der Waals surface area contributed by atoms with E-state index in [4.69, 9.17) is 39.9 Å². The summed E-state index contributed by atoms with van der Waals surface area (Å²) in [5.41, 5.74) is 3.91. The molecule has 0 aliphatic rings. The summed E-state index contributed by atoms with van der Waals surface area (Å²) < 4.78 is 80.1. The van der Waals surface area contributed by atoms with Crippen molar-refractivity contribution in [2.45, 2.75) is 47.3 Å². The molecule has 0 saturated heterocycles. The zero-order chi connectivity index (χ0) is 52.0. The molecule has 6 heterocycles. The van der Waals surface area contributed by atoms with Gasteiger partial charge in [-0.2, -0.15) is 16.8 Å². The molecule has 6 aromatic carbocycles. The van der Waals surface area contributed by atoms with E-state index in [9.17, 15) is 25.9 Å². The Bertz CT molecular complexity index is 3890. The summed E-state index contributed by atoms with van der Waals surface area (Å²) in [7, 11) is -9.75. The van der Waals surface area contributed by atoms with Crippen LogP contribution in [-0.2, 0) is 20.2 Å². The van der Waals surface area contributed by atoms with Crippen LogP contribution in [-0.4, -0.2) is 65.8 Å². The molecule has 4 N–H and O–H groups in total. The lowest BCUT2D eigenvalue weighted by atomic mass is 10.1. The highest BCUT2D eigenvalue weighted by Crippen LogP contribution is 2.41. The van der Waals surface area contributed by atoms with Crippen LogP contribution in [0.4, 0.5) is 23.3 Å². The van der Waals surface area contributed by atoms with Crippen molar-refractivity contribution in [2.24, 2.45) is 0 Å². The first kappa shape index (κ1) is 50.4. The van der Waals surface area contributed by atoms with Crippen molar-refractivity contribution in [3.8, 4) is 0 Å². The molecule has 0 unspecified atom stereocenters. The van der Waals surface area contributed by atoms with Gasteiger partial charge in [-0.15, -0.1) is 45.3 Å². The van der Waals surface area contributed by atoms with Crippen molar-refractivity contribution >= 4 is 189 Å². The molecule has 16 nitrogen and oxygen atoms in total. The Hall–Kier alpha value is -6.40. The highest BCUT2D eigenvalue weighted by atomic mass is 32.2. The fourth-order valence-electron chi connectivity index (χ4n) is 7.45. The molecule has 0 amide bonds. The molecule has 12 rings (SSSR count). The van der Waals surface area contributed by atoms with Crippen LogP contribution in [0.15, 0.2) is 193 Å². The molecule has 6 aromatic heterocycles. The quantitative estimate of drug-likeness (QED) is 0.0400. The van der Waals surface area contributed by atoms with E-state index in [2.05, 4.69) is 10.6 Å². The van der Waals surface area contributed by atoms with Crippen molar-refractivity contribution in [3.05, 3.63) is 157 Å². The Kier molecular flexibility index (Phi) is 14.1. The van der Waals surface area contributed by atoms with E-state index in [0.717, 1.165) is 58.2 Å². The van der Waals surface area contributed by atoms with Gasteiger partial charge in [0.1, 0.15) is 29.9 Å². The van der Waals surface area contributed by atoms with Crippen LogP contribution >= 0.6 is 92.4 Å². The van der Waals surface area contributed by atoms with Gasteiger partial charge in [-0.05, 0) is 131 Å². The summed E-state index contributed by atoms with van der Waals surface area (Å²) in [5.74, 6) is 0.274. The van der Waals surface area contributed by atoms with E-state index in [1.807, 2.05) is 109 Å². The largest absolute Gasteiger partial charge is 0.324 e. The van der Waals surface area contributed by atoms with Gasteiger partial charge in [0, 0.05) is 23.5 Å². The fraction of sp³-hybridized carbons (Fsp3) is 0. The Labute approximate surface area is 465 Å². The van der Waals surface area contributed by atoms with Crippen LogP contribution in [0.5, 0.6) is 0 Å². The maximum atomic E-state index is 13.0. The highest BCUT2D eigenvalue weighted by Gasteiger charge is 2.21. The van der Waals surface area contributed by atoms with Crippen molar-refractivity contribution in [3.63, 3.8) is 0 Å². The van der Waals surface area contributed by atoms with E-state index in [1.54, 1.807) is 12.1 Å². The lowest BCUT2D eigenvalue weighted by molar-refractivity contribution is 0.480. The molecule has 0 aliphatic carbocycles. The second kappa shape index (κ2) is 21.2. The predicted octanol–water partition coefficient (Wildman–Crippen LogP) is 14.5. The molecule has 76 heavy (non-hydrogen) atoms. The van der Waals surface area contributed by atoms with E-state index in [1.165, 1.54) is 129 Å². The highest BCUT2D eigenvalue weighted by molar-refractivity contribution is 8.02. The number of fused-ring (bicyclic) bond motifs is 4. The normalized spacial score (nSPS) is 12.2. The maximum Gasteiger partial charge on any atom is 0.295 e. The summed E-state index contributed by atoms with van der Waals surface area (Å²) in [6.45, 7) is 0. The van der Waals surface area contributed by atoms with Crippen LogP contribution < -0.4 is 10.6 Å². The van der Waals surface area contributed by atoms with E-state index in [-0.39, 0.29) is 34.4 Å². The fourth-order valence-corrected chi connectivity index (χ4v) is 17.1. The molecule has 0 aliphatic heterocycles. The number of hydrogen-bond donors (Lipinski definition) is 4. The molecule has 0 saturated carbocycles. The van der Waals surface area contributed by atoms with Gasteiger partial charge in [0.25, 0.3) is 20.2 Å². The van der Waals surface area contributed by atoms with Gasteiger partial charge >= 0.3 is 0 Å².